The van der Waals surface area contributed by atoms with Crippen molar-refractivity contribution in [3.05, 3.63) is 125 Å². The second kappa shape index (κ2) is 8.36. The number of hydrogen-bond acceptors (Lipinski definition) is 4. The molecule has 5 heteroatoms. The standard InChI is InChI=1S/C29H24N2O3/c32-28-25(16-20-17-26-27(34-19-33-26)18-24(20)30-28)31-29(21-10-4-1-5-11-21,22-12-6-2-7-13-22)23-14-8-3-9-15-23/h1-15,17-18,25,31H,16,19H2,(H,30,32)/t25-/m0/s1. The number of hydrogen-bond donors (Lipinski definition) is 2. The molecule has 2 aliphatic rings. The molecule has 0 aliphatic carbocycles. The molecule has 4 aromatic rings. The lowest BCUT2D eigenvalue weighted by Gasteiger charge is -2.41. The Labute approximate surface area is 198 Å². The Morgan fingerprint density at radius 2 is 1.24 bits per heavy atom. The van der Waals surface area contributed by atoms with E-state index >= 15 is 0 Å². The maximum atomic E-state index is 13.4. The van der Waals surface area contributed by atoms with Gasteiger partial charge >= 0.3 is 0 Å². The van der Waals surface area contributed by atoms with Crippen LogP contribution in [0.1, 0.15) is 22.3 Å². The van der Waals surface area contributed by atoms with Crippen molar-refractivity contribution in [2.45, 2.75) is 18.0 Å². The first-order chi connectivity index (χ1) is 16.7. The number of benzene rings is 4. The van der Waals surface area contributed by atoms with Crippen LogP contribution < -0.4 is 20.1 Å². The van der Waals surface area contributed by atoms with Gasteiger partial charge < -0.3 is 14.8 Å². The smallest absolute Gasteiger partial charge is 0.241 e. The molecule has 2 N–H and O–H groups in total. The maximum absolute atomic E-state index is 13.4. The molecule has 34 heavy (non-hydrogen) atoms. The summed E-state index contributed by atoms with van der Waals surface area (Å²) in [6, 6.07) is 34.3. The van der Waals surface area contributed by atoms with Crippen molar-refractivity contribution in [2.24, 2.45) is 0 Å². The minimum Gasteiger partial charge on any atom is -0.454 e. The number of ether oxygens (including phenoxy) is 2. The average Bonchev–Trinajstić information content (AvgIpc) is 3.35. The van der Waals surface area contributed by atoms with Gasteiger partial charge in [0.1, 0.15) is 0 Å². The molecule has 0 saturated carbocycles. The quantitative estimate of drug-likeness (QED) is 0.428. The van der Waals surface area contributed by atoms with Crippen LogP contribution in [0.5, 0.6) is 11.5 Å². The van der Waals surface area contributed by atoms with Gasteiger partial charge in [0.05, 0.1) is 11.6 Å². The molecule has 0 saturated heterocycles. The third kappa shape index (κ3) is 3.42. The zero-order valence-corrected chi connectivity index (χ0v) is 18.5. The summed E-state index contributed by atoms with van der Waals surface area (Å²) in [5.74, 6) is 1.31. The Balaban J connectivity index is 1.48. The van der Waals surface area contributed by atoms with Crippen molar-refractivity contribution >= 4 is 11.6 Å². The molecule has 2 aliphatic heterocycles. The minimum atomic E-state index is -0.723. The summed E-state index contributed by atoms with van der Waals surface area (Å²) in [5, 5.41) is 6.87. The molecule has 1 amide bonds. The normalized spacial score (nSPS) is 16.6. The van der Waals surface area contributed by atoms with Crippen LogP contribution in [0.25, 0.3) is 0 Å². The first-order valence-corrected chi connectivity index (χ1v) is 11.4. The molecule has 0 unspecified atom stereocenters. The van der Waals surface area contributed by atoms with E-state index in [0.29, 0.717) is 17.9 Å². The maximum Gasteiger partial charge on any atom is 0.241 e. The predicted octanol–water partition coefficient (Wildman–Crippen LogP) is 4.86. The first kappa shape index (κ1) is 20.5. The van der Waals surface area contributed by atoms with Crippen molar-refractivity contribution < 1.29 is 14.3 Å². The van der Waals surface area contributed by atoms with Crippen molar-refractivity contribution in [3.63, 3.8) is 0 Å². The van der Waals surface area contributed by atoms with E-state index < -0.39 is 11.6 Å². The van der Waals surface area contributed by atoms with E-state index in [-0.39, 0.29) is 12.7 Å². The summed E-state index contributed by atoms with van der Waals surface area (Å²) in [5.41, 5.74) is 4.27. The largest absolute Gasteiger partial charge is 0.454 e. The molecular weight excluding hydrogens is 424 g/mol. The lowest BCUT2D eigenvalue weighted by Crippen LogP contribution is -2.55. The highest BCUT2D eigenvalue weighted by atomic mass is 16.7. The summed E-state index contributed by atoms with van der Waals surface area (Å²) in [6.07, 6.45) is 0.534. The molecule has 1 atom stereocenters. The number of rotatable bonds is 5. The molecule has 4 aromatic carbocycles. The lowest BCUT2D eigenvalue weighted by molar-refractivity contribution is -0.118. The molecule has 0 radical (unpaired) electrons. The van der Waals surface area contributed by atoms with Crippen LogP contribution in [0, 0.1) is 0 Å². The summed E-state index contributed by atoms with van der Waals surface area (Å²) in [7, 11) is 0. The molecule has 0 aromatic heterocycles. The van der Waals surface area contributed by atoms with Crippen molar-refractivity contribution in [1.29, 1.82) is 0 Å². The molecule has 0 bridgehead atoms. The monoisotopic (exact) mass is 448 g/mol. The highest BCUT2D eigenvalue weighted by Crippen LogP contribution is 2.41. The number of amides is 1. The first-order valence-electron chi connectivity index (χ1n) is 11.4. The fraction of sp³-hybridized carbons (Fsp3) is 0.138. The lowest BCUT2D eigenvalue weighted by atomic mass is 9.76. The van der Waals surface area contributed by atoms with Crippen LogP contribution >= 0.6 is 0 Å². The zero-order valence-electron chi connectivity index (χ0n) is 18.5. The Hall–Kier alpha value is -4.09. The molecule has 5 nitrogen and oxygen atoms in total. The number of carbonyl (C=O) groups is 1. The fourth-order valence-corrected chi connectivity index (χ4v) is 4.99. The topological polar surface area (TPSA) is 59.6 Å². The SMILES string of the molecule is O=C1Nc2cc3c(cc2C[C@@H]1NC(c1ccccc1)(c1ccccc1)c1ccccc1)OCO3. The molecule has 6 rings (SSSR count). The average molecular weight is 449 g/mol. The Morgan fingerprint density at radius 1 is 0.735 bits per heavy atom. The van der Waals surface area contributed by atoms with Gasteiger partial charge in [0.2, 0.25) is 12.7 Å². The Kier molecular flexibility index (Phi) is 5.04. The summed E-state index contributed by atoms with van der Waals surface area (Å²) >= 11 is 0. The summed E-state index contributed by atoms with van der Waals surface area (Å²) in [4.78, 5) is 13.4. The van der Waals surface area contributed by atoms with E-state index in [4.69, 9.17) is 9.47 Å². The number of carbonyl (C=O) groups excluding carboxylic acids is 1. The van der Waals surface area contributed by atoms with Gasteiger partial charge in [-0.1, -0.05) is 91.0 Å². The van der Waals surface area contributed by atoms with Crippen LogP contribution in [0.2, 0.25) is 0 Å². The van der Waals surface area contributed by atoms with Gasteiger partial charge in [0.25, 0.3) is 0 Å². The fourth-order valence-electron chi connectivity index (χ4n) is 4.99. The van der Waals surface area contributed by atoms with Crippen LogP contribution in [0.3, 0.4) is 0 Å². The van der Waals surface area contributed by atoms with Crippen LogP contribution in [0.4, 0.5) is 5.69 Å². The third-order valence-electron chi connectivity index (χ3n) is 6.61. The van der Waals surface area contributed by atoms with E-state index in [1.54, 1.807) is 0 Å². The van der Waals surface area contributed by atoms with E-state index in [2.05, 4.69) is 47.0 Å². The predicted molar refractivity (Wildman–Crippen MR) is 131 cm³/mol. The van der Waals surface area contributed by atoms with Crippen LogP contribution in [-0.2, 0) is 16.8 Å². The van der Waals surface area contributed by atoms with Crippen LogP contribution in [-0.4, -0.2) is 18.7 Å². The van der Waals surface area contributed by atoms with Gasteiger partial charge in [0, 0.05) is 11.8 Å². The zero-order chi connectivity index (χ0) is 23.0. The van der Waals surface area contributed by atoms with Crippen molar-refractivity contribution in [3.8, 4) is 11.5 Å². The highest BCUT2D eigenvalue weighted by Gasteiger charge is 2.41. The van der Waals surface area contributed by atoms with Crippen molar-refractivity contribution in [2.75, 3.05) is 12.1 Å². The Bertz CT molecular complexity index is 1230. The summed E-state index contributed by atoms with van der Waals surface area (Å²) in [6.45, 7) is 0.201. The van der Waals surface area contributed by atoms with Gasteiger partial charge in [0.15, 0.2) is 11.5 Å². The van der Waals surface area contributed by atoms with Gasteiger partial charge in [-0.15, -0.1) is 0 Å². The van der Waals surface area contributed by atoms with Gasteiger partial charge in [-0.3, -0.25) is 10.1 Å². The third-order valence-corrected chi connectivity index (χ3v) is 6.61. The van der Waals surface area contributed by atoms with E-state index in [9.17, 15) is 4.79 Å². The van der Waals surface area contributed by atoms with Crippen molar-refractivity contribution in [1.82, 2.24) is 5.32 Å². The van der Waals surface area contributed by atoms with Gasteiger partial charge in [-0.05, 0) is 34.7 Å². The summed E-state index contributed by atoms with van der Waals surface area (Å²) < 4.78 is 11.1. The molecule has 0 spiro atoms. The molecule has 168 valence electrons. The number of fused-ring (bicyclic) bond motifs is 2. The molecular formula is C29H24N2O3. The number of anilines is 1. The minimum absolute atomic E-state index is 0.0708. The van der Waals surface area contributed by atoms with E-state index in [0.717, 1.165) is 27.9 Å². The molecule has 2 heterocycles. The van der Waals surface area contributed by atoms with Crippen LogP contribution in [0.15, 0.2) is 103 Å². The second-order valence-corrected chi connectivity index (χ2v) is 8.60. The Morgan fingerprint density at radius 3 is 1.76 bits per heavy atom. The van der Waals surface area contributed by atoms with E-state index in [1.165, 1.54) is 0 Å². The highest BCUT2D eigenvalue weighted by molar-refractivity contribution is 5.98. The number of nitrogens with one attached hydrogen (secondary N) is 2. The van der Waals surface area contributed by atoms with E-state index in [1.807, 2.05) is 66.7 Å². The second-order valence-electron chi connectivity index (χ2n) is 8.60. The van der Waals surface area contributed by atoms with Gasteiger partial charge in [-0.25, -0.2) is 0 Å². The molecule has 0 fully saturated rings. The van der Waals surface area contributed by atoms with Gasteiger partial charge in [-0.2, -0.15) is 0 Å².